The number of carbonyl (C=O) groups is 1. The number of nitrogens with zero attached hydrogens (tertiary/aromatic N) is 2. The maximum Gasteiger partial charge on any atom is 0.244 e. The molecule has 2 heterocycles. The van der Waals surface area contributed by atoms with Crippen LogP contribution in [0.2, 0.25) is 5.02 Å². The lowest BCUT2D eigenvalue weighted by molar-refractivity contribution is -0.125. The van der Waals surface area contributed by atoms with Crippen molar-refractivity contribution in [2.75, 3.05) is 18.0 Å². The first kappa shape index (κ1) is 22.4. The SMILES string of the molecule is CC1CCN([C@H](C)C(=O)N2c3ccccc3[C@@](C)(c3ccc(Cl)cc3)CC2(C)C)CC1. The summed E-state index contributed by atoms with van der Waals surface area (Å²) >= 11 is 6.18. The Bertz CT molecular complexity index is 946. The number of hydrogen-bond donors (Lipinski definition) is 0. The van der Waals surface area contributed by atoms with Crippen LogP contribution in [-0.2, 0) is 10.2 Å². The van der Waals surface area contributed by atoms with Gasteiger partial charge in [-0.1, -0.05) is 55.8 Å². The van der Waals surface area contributed by atoms with Gasteiger partial charge in [-0.25, -0.2) is 0 Å². The molecule has 166 valence electrons. The van der Waals surface area contributed by atoms with E-state index in [2.05, 4.69) is 80.8 Å². The highest BCUT2D eigenvalue weighted by Gasteiger charge is 2.48. The molecular formula is C27H35ClN2O. The fraction of sp³-hybridized carbons (Fsp3) is 0.519. The van der Waals surface area contributed by atoms with Crippen molar-refractivity contribution in [3.63, 3.8) is 0 Å². The van der Waals surface area contributed by atoms with E-state index in [1.807, 2.05) is 12.1 Å². The van der Waals surface area contributed by atoms with Gasteiger partial charge in [0.15, 0.2) is 0 Å². The third-order valence-corrected chi connectivity index (χ3v) is 7.81. The van der Waals surface area contributed by atoms with E-state index >= 15 is 0 Å². The fourth-order valence-electron chi connectivity index (χ4n) is 5.75. The molecule has 3 nitrogen and oxygen atoms in total. The monoisotopic (exact) mass is 438 g/mol. The van der Waals surface area contributed by atoms with Gasteiger partial charge in [-0.05, 0) is 88.4 Å². The van der Waals surface area contributed by atoms with Crippen LogP contribution in [0.15, 0.2) is 48.5 Å². The predicted octanol–water partition coefficient (Wildman–Crippen LogP) is 6.28. The first-order valence-corrected chi connectivity index (χ1v) is 11.9. The zero-order valence-corrected chi connectivity index (χ0v) is 20.2. The number of benzene rings is 2. The Balaban J connectivity index is 1.73. The molecule has 0 saturated carbocycles. The van der Waals surface area contributed by atoms with Crippen LogP contribution in [0.3, 0.4) is 0 Å². The molecule has 4 rings (SSSR count). The fourth-order valence-corrected chi connectivity index (χ4v) is 5.88. The van der Waals surface area contributed by atoms with Crippen LogP contribution in [0.5, 0.6) is 0 Å². The highest BCUT2D eigenvalue weighted by atomic mass is 35.5. The molecule has 2 aliphatic heterocycles. The van der Waals surface area contributed by atoms with E-state index in [-0.39, 0.29) is 22.9 Å². The molecule has 31 heavy (non-hydrogen) atoms. The third kappa shape index (κ3) is 4.03. The molecule has 0 bridgehead atoms. The minimum absolute atomic E-state index is 0.111. The van der Waals surface area contributed by atoms with Crippen LogP contribution in [0.25, 0.3) is 0 Å². The molecule has 1 fully saturated rings. The number of anilines is 1. The molecule has 2 aromatic rings. The summed E-state index contributed by atoms with van der Waals surface area (Å²) in [6, 6.07) is 16.5. The molecule has 1 saturated heterocycles. The molecule has 0 aliphatic carbocycles. The summed E-state index contributed by atoms with van der Waals surface area (Å²) in [5.41, 5.74) is 2.99. The molecule has 2 aromatic carbocycles. The number of halogens is 1. The minimum Gasteiger partial charge on any atom is -0.305 e. The predicted molar refractivity (Wildman–Crippen MR) is 130 cm³/mol. The largest absolute Gasteiger partial charge is 0.305 e. The Morgan fingerprint density at radius 1 is 1.03 bits per heavy atom. The Hall–Kier alpha value is -1.84. The Labute approximate surface area is 192 Å². The van der Waals surface area contributed by atoms with Gasteiger partial charge in [0.1, 0.15) is 0 Å². The number of amides is 1. The van der Waals surface area contributed by atoms with Crippen LogP contribution >= 0.6 is 11.6 Å². The van der Waals surface area contributed by atoms with Crippen LogP contribution < -0.4 is 4.90 Å². The van der Waals surface area contributed by atoms with Gasteiger partial charge < -0.3 is 4.90 Å². The van der Waals surface area contributed by atoms with Crippen LogP contribution in [-0.4, -0.2) is 35.5 Å². The number of piperidine rings is 1. The summed E-state index contributed by atoms with van der Waals surface area (Å²) in [6.45, 7) is 13.1. The zero-order valence-electron chi connectivity index (χ0n) is 19.5. The maximum absolute atomic E-state index is 13.9. The van der Waals surface area contributed by atoms with E-state index in [0.717, 1.165) is 36.1 Å². The molecule has 4 heteroatoms. The Morgan fingerprint density at radius 2 is 1.65 bits per heavy atom. The molecule has 1 amide bonds. The summed E-state index contributed by atoms with van der Waals surface area (Å²) in [6.07, 6.45) is 3.20. The topological polar surface area (TPSA) is 23.6 Å². The number of para-hydroxylation sites is 1. The van der Waals surface area contributed by atoms with E-state index < -0.39 is 0 Å². The summed E-state index contributed by atoms with van der Waals surface area (Å²) in [5.74, 6) is 0.968. The average Bonchev–Trinajstić information content (AvgIpc) is 2.73. The number of carbonyl (C=O) groups excluding carboxylic acids is 1. The van der Waals surface area contributed by atoms with Crippen LogP contribution in [0, 0.1) is 5.92 Å². The lowest BCUT2D eigenvalue weighted by Gasteiger charge is -2.52. The average molecular weight is 439 g/mol. The molecular weight excluding hydrogens is 404 g/mol. The second-order valence-corrected chi connectivity index (χ2v) is 10.8. The number of rotatable bonds is 3. The van der Waals surface area contributed by atoms with Crippen molar-refractivity contribution < 1.29 is 4.79 Å². The highest BCUT2D eigenvalue weighted by Crippen LogP contribution is 2.50. The van der Waals surface area contributed by atoms with Crippen LogP contribution in [0.1, 0.15) is 65.0 Å². The van der Waals surface area contributed by atoms with Gasteiger partial charge in [0.25, 0.3) is 0 Å². The summed E-state index contributed by atoms with van der Waals surface area (Å²) in [4.78, 5) is 18.4. The molecule has 2 aliphatic rings. The van der Waals surface area contributed by atoms with Gasteiger partial charge in [0, 0.05) is 21.7 Å². The minimum atomic E-state index is -0.308. The summed E-state index contributed by atoms with van der Waals surface area (Å²) in [5, 5.41) is 0.747. The molecule has 0 spiro atoms. The first-order chi connectivity index (χ1) is 14.6. The molecule has 0 aromatic heterocycles. The van der Waals surface area contributed by atoms with E-state index in [9.17, 15) is 4.79 Å². The maximum atomic E-state index is 13.9. The molecule has 2 atom stereocenters. The van der Waals surface area contributed by atoms with Gasteiger partial charge >= 0.3 is 0 Å². The van der Waals surface area contributed by atoms with Gasteiger partial charge in [-0.15, -0.1) is 0 Å². The van der Waals surface area contributed by atoms with Crippen molar-refractivity contribution in [3.8, 4) is 0 Å². The van der Waals surface area contributed by atoms with Gasteiger partial charge in [0.05, 0.1) is 6.04 Å². The second-order valence-electron chi connectivity index (χ2n) is 10.4. The lowest BCUT2D eigenvalue weighted by atomic mass is 9.65. The number of hydrogen-bond acceptors (Lipinski definition) is 2. The summed E-state index contributed by atoms with van der Waals surface area (Å²) < 4.78 is 0. The van der Waals surface area contributed by atoms with E-state index in [1.165, 1.54) is 24.0 Å². The zero-order chi connectivity index (χ0) is 22.4. The smallest absolute Gasteiger partial charge is 0.244 e. The van der Waals surface area contributed by atoms with Crippen molar-refractivity contribution in [3.05, 3.63) is 64.7 Å². The van der Waals surface area contributed by atoms with E-state index in [0.29, 0.717) is 0 Å². The highest BCUT2D eigenvalue weighted by molar-refractivity contribution is 6.30. The van der Waals surface area contributed by atoms with Crippen molar-refractivity contribution in [2.24, 2.45) is 5.92 Å². The Kier molecular flexibility index (Phi) is 5.95. The standard InChI is InChI=1S/C27H35ClN2O/c1-19-14-16-29(17-15-19)20(2)25(31)30-24-9-7-6-8-23(24)27(5,18-26(30,3)4)21-10-12-22(28)13-11-21/h6-13,19-20H,14-18H2,1-5H3/t20-,27-/m1/s1. The number of fused-ring (bicyclic) bond motifs is 1. The third-order valence-electron chi connectivity index (χ3n) is 7.56. The lowest BCUT2D eigenvalue weighted by Crippen LogP contribution is -2.60. The van der Waals surface area contributed by atoms with E-state index in [1.54, 1.807) is 0 Å². The summed E-state index contributed by atoms with van der Waals surface area (Å²) in [7, 11) is 0. The Morgan fingerprint density at radius 3 is 2.29 bits per heavy atom. The molecule has 0 radical (unpaired) electrons. The van der Waals surface area contributed by atoms with Gasteiger partial charge in [-0.3, -0.25) is 9.69 Å². The van der Waals surface area contributed by atoms with Gasteiger partial charge in [0.2, 0.25) is 5.91 Å². The van der Waals surface area contributed by atoms with Crippen molar-refractivity contribution in [1.29, 1.82) is 0 Å². The quantitative estimate of drug-likeness (QED) is 0.562. The van der Waals surface area contributed by atoms with Crippen molar-refractivity contribution >= 4 is 23.2 Å². The van der Waals surface area contributed by atoms with Crippen molar-refractivity contribution in [1.82, 2.24) is 4.90 Å². The normalized spacial score (nSPS) is 25.2. The molecule has 0 unspecified atom stereocenters. The second kappa shape index (κ2) is 8.26. The molecule has 0 N–H and O–H groups in total. The van der Waals surface area contributed by atoms with Crippen molar-refractivity contribution in [2.45, 2.75) is 70.9 Å². The van der Waals surface area contributed by atoms with E-state index in [4.69, 9.17) is 11.6 Å². The van der Waals surface area contributed by atoms with Crippen LogP contribution in [0.4, 0.5) is 5.69 Å². The van der Waals surface area contributed by atoms with Gasteiger partial charge in [-0.2, -0.15) is 0 Å². The first-order valence-electron chi connectivity index (χ1n) is 11.6. The number of likely N-dealkylation sites (tertiary alicyclic amines) is 1.